The van der Waals surface area contributed by atoms with E-state index in [1.807, 2.05) is 47.4 Å². The molecule has 0 aromatic heterocycles. The first kappa shape index (κ1) is 47.9. The molecule has 0 bridgehead atoms. The zero-order valence-electron chi connectivity index (χ0n) is 44.2. The Morgan fingerprint density at radius 3 is 1.15 bits per heavy atom. The van der Waals surface area contributed by atoms with Gasteiger partial charge in [0, 0.05) is 83.7 Å². The normalized spacial score (nSPS) is 13.1. The van der Waals surface area contributed by atoms with Gasteiger partial charge in [-0.2, -0.15) is 0 Å². The predicted molar refractivity (Wildman–Crippen MR) is 340 cm³/mol. The molecule has 0 spiro atoms. The lowest BCUT2D eigenvalue weighted by molar-refractivity contribution is 0.586. The molecule has 0 saturated heterocycles. The monoisotopic (exact) mass is 1070 g/mol. The predicted octanol–water partition coefficient (Wildman–Crippen LogP) is 15.8. The van der Waals surface area contributed by atoms with E-state index >= 15 is 8.78 Å². The summed E-state index contributed by atoms with van der Waals surface area (Å²) >= 11 is 1.73. The van der Waals surface area contributed by atoms with Crippen molar-refractivity contribution in [2.45, 2.75) is 9.79 Å². The first-order valence-electron chi connectivity index (χ1n) is 27.7. The van der Waals surface area contributed by atoms with Crippen LogP contribution in [-0.2, 0) is 0 Å². The Kier molecular flexibility index (Phi) is 11.3. The van der Waals surface area contributed by atoms with Gasteiger partial charge in [-0.25, -0.2) is 8.78 Å². The van der Waals surface area contributed by atoms with Crippen LogP contribution in [0.4, 0.5) is 94.1 Å². The van der Waals surface area contributed by atoms with Crippen LogP contribution in [0.25, 0.3) is 0 Å². The standard InChI is InChI=1S/C72H47B2F2N5S/c75-60-38-23-39-61(76)72(60)81-64-47-68-59(74-57-37-20-22-41-63(57)80(53-34-17-6-18-35-53)67-44-55(45-69(82-68)71(67)74)78(50-28-11-3-12-29-50)51-30-13-4-14-31-51)46-58(64)73-56-36-19-21-40-62(56)79(52-32-15-5-16-33-52)65-42-54(43-66(81)70(65)73)77(48-24-7-1-8-25-48)49-26-9-2-10-27-49/h1-47H. The van der Waals surface area contributed by atoms with Crippen LogP contribution in [0.3, 0.4) is 0 Å². The first-order chi connectivity index (χ1) is 40.6. The van der Waals surface area contributed by atoms with Crippen LogP contribution in [-0.4, -0.2) is 13.4 Å². The quantitative estimate of drug-likeness (QED) is 0.133. The second kappa shape index (κ2) is 19.4. The summed E-state index contributed by atoms with van der Waals surface area (Å²) < 4.78 is 34.8. The van der Waals surface area contributed by atoms with Crippen molar-refractivity contribution in [3.8, 4) is 0 Å². The van der Waals surface area contributed by atoms with E-state index in [0.717, 1.165) is 106 Å². The van der Waals surface area contributed by atoms with E-state index in [2.05, 4.69) is 244 Å². The van der Waals surface area contributed by atoms with Gasteiger partial charge in [0.15, 0.2) is 0 Å². The average Bonchev–Trinajstić information content (AvgIpc) is 1.64. The van der Waals surface area contributed by atoms with E-state index in [4.69, 9.17) is 0 Å². The second-order valence-electron chi connectivity index (χ2n) is 21.1. The van der Waals surface area contributed by atoms with Gasteiger partial charge >= 0.3 is 0 Å². The molecule has 10 heteroatoms. The van der Waals surface area contributed by atoms with Gasteiger partial charge in [0.05, 0.1) is 5.69 Å². The minimum atomic E-state index is -0.656. The number of halogens is 2. The molecule has 0 unspecified atom stereocenters. The molecule has 0 radical (unpaired) electrons. The molecule has 82 heavy (non-hydrogen) atoms. The smallest absolute Gasteiger partial charge is 0.252 e. The summed E-state index contributed by atoms with van der Waals surface area (Å²) in [5.74, 6) is -1.31. The molecule has 12 aromatic rings. The Hall–Kier alpha value is -10.0. The van der Waals surface area contributed by atoms with E-state index in [-0.39, 0.29) is 19.1 Å². The van der Waals surface area contributed by atoms with Crippen molar-refractivity contribution in [3.63, 3.8) is 0 Å². The Morgan fingerprint density at radius 1 is 0.280 bits per heavy atom. The minimum Gasteiger partial charge on any atom is -0.311 e. The number of nitrogens with zero attached hydrogens (tertiary/aromatic N) is 5. The topological polar surface area (TPSA) is 16.2 Å². The number of hydrogen-bond donors (Lipinski definition) is 0. The van der Waals surface area contributed by atoms with Crippen molar-refractivity contribution in [1.82, 2.24) is 0 Å². The molecule has 4 aliphatic rings. The van der Waals surface area contributed by atoms with Crippen LogP contribution >= 0.6 is 11.8 Å². The molecule has 0 N–H and O–H groups in total. The Bertz CT molecular complexity index is 4350. The summed E-state index contributed by atoms with van der Waals surface area (Å²) in [6.45, 7) is -0.549. The van der Waals surface area contributed by atoms with Gasteiger partial charge in [0.2, 0.25) is 6.71 Å². The lowest BCUT2D eigenvalue weighted by Crippen LogP contribution is -2.64. The van der Waals surface area contributed by atoms with Gasteiger partial charge in [0.1, 0.15) is 17.3 Å². The van der Waals surface area contributed by atoms with Gasteiger partial charge in [-0.1, -0.05) is 175 Å². The van der Waals surface area contributed by atoms with Crippen LogP contribution in [0.1, 0.15) is 0 Å². The van der Waals surface area contributed by atoms with E-state index < -0.39 is 11.6 Å². The maximum Gasteiger partial charge on any atom is 0.252 e. The Morgan fingerprint density at radius 2 is 0.671 bits per heavy atom. The lowest BCUT2D eigenvalue weighted by Gasteiger charge is -2.46. The summed E-state index contributed by atoms with van der Waals surface area (Å²) in [5.41, 5.74) is 19.8. The molecule has 0 aliphatic carbocycles. The third-order valence-corrected chi connectivity index (χ3v) is 17.6. The minimum absolute atomic E-state index is 0.133. The number of benzene rings is 12. The van der Waals surface area contributed by atoms with Gasteiger partial charge in [0.25, 0.3) is 6.71 Å². The SMILES string of the molecule is Fc1cccc(F)c1N1c2cc3c(cc2B2c4ccccc4N(c4ccccc4)c4cc(N(c5ccccc5)c5ccccc5)cc1c42)B1c2ccccc2N(c2ccccc2)c2cc(N(c4ccccc4)c4ccccc4)cc(c21)S3. The van der Waals surface area contributed by atoms with Crippen molar-refractivity contribution in [1.29, 1.82) is 0 Å². The largest absolute Gasteiger partial charge is 0.311 e. The number of rotatable bonds is 9. The molecule has 12 aromatic carbocycles. The van der Waals surface area contributed by atoms with Gasteiger partial charge in [-0.15, -0.1) is 0 Å². The van der Waals surface area contributed by atoms with Crippen molar-refractivity contribution in [3.05, 3.63) is 297 Å². The maximum atomic E-state index is 17.4. The van der Waals surface area contributed by atoms with Crippen molar-refractivity contribution in [2.24, 2.45) is 0 Å². The molecule has 16 rings (SSSR count). The highest BCUT2D eigenvalue weighted by Gasteiger charge is 2.48. The fourth-order valence-electron chi connectivity index (χ4n) is 13.2. The van der Waals surface area contributed by atoms with Crippen molar-refractivity contribution >= 4 is 143 Å². The Labute approximate surface area is 480 Å². The molecule has 0 fully saturated rings. The highest BCUT2D eigenvalue weighted by molar-refractivity contribution is 8.00. The lowest BCUT2D eigenvalue weighted by atomic mass is 9.31. The number of fused-ring (bicyclic) bond motifs is 8. The third-order valence-electron chi connectivity index (χ3n) is 16.5. The molecule has 5 nitrogen and oxygen atoms in total. The summed E-state index contributed by atoms with van der Waals surface area (Å²) in [5, 5.41) is 0. The zero-order chi connectivity index (χ0) is 54.4. The van der Waals surface area contributed by atoms with Crippen molar-refractivity contribution < 1.29 is 8.78 Å². The van der Waals surface area contributed by atoms with E-state index in [0.29, 0.717) is 5.69 Å². The summed E-state index contributed by atoms with van der Waals surface area (Å²) in [7, 11) is 0. The maximum absolute atomic E-state index is 17.4. The summed E-state index contributed by atoms with van der Waals surface area (Å²) in [6, 6.07) is 98.3. The van der Waals surface area contributed by atoms with Crippen LogP contribution in [0.2, 0.25) is 0 Å². The van der Waals surface area contributed by atoms with Crippen LogP contribution in [0.5, 0.6) is 0 Å². The first-order valence-corrected chi connectivity index (χ1v) is 28.5. The summed E-state index contributed by atoms with van der Waals surface area (Å²) in [4.78, 5) is 13.3. The highest BCUT2D eigenvalue weighted by Crippen LogP contribution is 2.51. The number of para-hydroxylation sites is 9. The summed E-state index contributed by atoms with van der Waals surface area (Å²) in [6.07, 6.45) is 0. The molecular formula is C72H47B2F2N5S. The fraction of sp³-hybridized carbons (Fsp3) is 0. The molecule has 4 aliphatic heterocycles. The molecule has 4 heterocycles. The zero-order valence-corrected chi connectivity index (χ0v) is 45.0. The Balaban J connectivity index is 0.998. The molecule has 0 saturated carbocycles. The fourth-order valence-corrected chi connectivity index (χ4v) is 14.4. The number of anilines is 15. The van der Waals surface area contributed by atoms with E-state index in [9.17, 15) is 0 Å². The average molecular weight is 1070 g/mol. The van der Waals surface area contributed by atoms with Crippen LogP contribution < -0.4 is 57.3 Å². The second-order valence-corrected chi connectivity index (χ2v) is 22.2. The molecule has 0 amide bonds. The van der Waals surface area contributed by atoms with E-state index in [1.165, 1.54) is 29.1 Å². The third kappa shape index (κ3) is 7.55. The molecule has 386 valence electrons. The highest BCUT2D eigenvalue weighted by atomic mass is 32.2. The van der Waals surface area contributed by atoms with E-state index in [1.54, 1.807) is 11.8 Å². The molecular weight excluding hydrogens is 1030 g/mol. The van der Waals surface area contributed by atoms with Gasteiger partial charge in [-0.3, -0.25) is 0 Å². The van der Waals surface area contributed by atoms with Gasteiger partial charge < -0.3 is 24.5 Å². The number of hydrogen-bond acceptors (Lipinski definition) is 6. The van der Waals surface area contributed by atoms with Gasteiger partial charge in [-0.05, 0) is 155 Å². The van der Waals surface area contributed by atoms with Crippen LogP contribution in [0.15, 0.2) is 295 Å². The molecule has 0 atom stereocenters. The van der Waals surface area contributed by atoms with Crippen molar-refractivity contribution in [2.75, 3.05) is 24.5 Å². The van der Waals surface area contributed by atoms with Crippen LogP contribution in [0, 0.1) is 11.6 Å².